The van der Waals surface area contributed by atoms with E-state index in [0.717, 1.165) is 41.7 Å². The van der Waals surface area contributed by atoms with Crippen molar-refractivity contribution in [3.63, 3.8) is 0 Å². The first-order chi connectivity index (χ1) is 10.7. The first-order valence-electron chi connectivity index (χ1n) is 7.51. The van der Waals surface area contributed by atoms with Crippen LogP contribution in [0.25, 0.3) is 0 Å². The minimum absolute atomic E-state index is 0.147. The molecular formula is C16H19BrN4O. The number of nitrogens with zero attached hydrogens (tertiary/aromatic N) is 1. The Morgan fingerprint density at radius 3 is 3.09 bits per heavy atom. The van der Waals surface area contributed by atoms with Gasteiger partial charge in [0.1, 0.15) is 5.69 Å². The Morgan fingerprint density at radius 2 is 2.32 bits per heavy atom. The van der Waals surface area contributed by atoms with E-state index in [1.165, 1.54) is 0 Å². The van der Waals surface area contributed by atoms with Gasteiger partial charge in [-0.3, -0.25) is 9.89 Å². The fourth-order valence-electron chi connectivity index (χ4n) is 2.70. The molecule has 1 aliphatic rings. The van der Waals surface area contributed by atoms with E-state index >= 15 is 0 Å². The summed E-state index contributed by atoms with van der Waals surface area (Å²) in [5.74, 6) is 0.277. The molecule has 0 saturated carbocycles. The first kappa shape index (κ1) is 15.2. The Labute approximate surface area is 138 Å². The molecule has 116 valence electrons. The highest BCUT2D eigenvalue weighted by Gasteiger charge is 2.19. The highest BCUT2D eigenvalue weighted by molar-refractivity contribution is 9.10. The van der Waals surface area contributed by atoms with Gasteiger partial charge in [0.2, 0.25) is 0 Å². The van der Waals surface area contributed by atoms with Crippen LogP contribution in [-0.2, 0) is 6.54 Å². The van der Waals surface area contributed by atoms with E-state index in [-0.39, 0.29) is 5.91 Å². The molecule has 1 amide bonds. The number of hydrogen-bond donors (Lipinski definition) is 3. The summed E-state index contributed by atoms with van der Waals surface area (Å²) < 4.78 is 1.01. The number of carbonyl (C=O) groups is 1. The van der Waals surface area contributed by atoms with Crippen LogP contribution in [0.15, 0.2) is 34.8 Å². The summed E-state index contributed by atoms with van der Waals surface area (Å²) in [6.07, 6.45) is 2.29. The molecule has 5 nitrogen and oxygen atoms in total. The zero-order valence-electron chi connectivity index (χ0n) is 12.2. The van der Waals surface area contributed by atoms with Crippen LogP contribution in [-0.4, -0.2) is 29.2 Å². The standard InChI is InChI=1S/C16H19BrN4O/c17-13-5-1-3-11(7-13)9-19-16(22)15-8-14(20-21-15)12-4-2-6-18-10-12/h1,3,5,7-8,12,18H,2,4,6,9-10H2,(H,19,22)(H,20,21). The maximum atomic E-state index is 12.2. The Bertz CT molecular complexity index is 649. The van der Waals surface area contributed by atoms with Crippen molar-refractivity contribution in [2.75, 3.05) is 13.1 Å². The van der Waals surface area contributed by atoms with E-state index in [1.807, 2.05) is 30.3 Å². The van der Waals surface area contributed by atoms with Crippen molar-refractivity contribution in [3.05, 3.63) is 51.8 Å². The number of aromatic amines is 1. The van der Waals surface area contributed by atoms with E-state index in [9.17, 15) is 4.79 Å². The molecular weight excluding hydrogens is 344 g/mol. The fraction of sp³-hybridized carbons (Fsp3) is 0.375. The molecule has 1 unspecified atom stereocenters. The van der Waals surface area contributed by atoms with Crippen LogP contribution >= 0.6 is 15.9 Å². The third kappa shape index (κ3) is 3.75. The Morgan fingerprint density at radius 1 is 1.41 bits per heavy atom. The van der Waals surface area contributed by atoms with Crippen LogP contribution in [0.3, 0.4) is 0 Å². The van der Waals surface area contributed by atoms with Gasteiger partial charge in [0, 0.05) is 29.2 Å². The van der Waals surface area contributed by atoms with Crippen molar-refractivity contribution >= 4 is 21.8 Å². The largest absolute Gasteiger partial charge is 0.347 e. The summed E-state index contributed by atoms with van der Waals surface area (Å²) in [6.45, 7) is 2.51. The van der Waals surface area contributed by atoms with Crippen LogP contribution in [0.4, 0.5) is 0 Å². The number of amides is 1. The summed E-state index contributed by atoms with van der Waals surface area (Å²) in [4.78, 5) is 12.2. The van der Waals surface area contributed by atoms with Gasteiger partial charge in [-0.05, 0) is 43.1 Å². The lowest BCUT2D eigenvalue weighted by Crippen LogP contribution is -2.28. The lowest BCUT2D eigenvalue weighted by molar-refractivity contribution is 0.0946. The second kappa shape index (κ2) is 7.07. The monoisotopic (exact) mass is 362 g/mol. The zero-order valence-corrected chi connectivity index (χ0v) is 13.8. The molecule has 1 aromatic heterocycles. The van der Waals surface area contributed by atoms with E-state index < -0.39 is 0 Å². The molecule has 3 N–H and O–H groups in total. The maximum absolute atomic E-state index is 12.2. The molecule has 1 aliphatic heterocycles. The van der Waals surface area contributed by atoms with Crippen LogP contribution in [0.5, 0.6) is 0 Å². The molecule has 2 aromatic rings. The van der Waals surface area contributed by atoms with Gasteiger partial charge < -0.3 is 10.6 Å². The van der Waals surface area contributed by atoms with Gasteiger partial charge in [0.05, 0.1) is 0 Å². The van der Waals surface area contributed by atoms with Crippen LogP contribution < -0.4 is 10.6 Å². The molecule has 3 rings (SSSR count). The van der Waals surface area contributed by atoms with Crippen molar-refractivity contribution in [2.24, 2.45) is 0 Å². The van der Waals surface area contributed by atoms with Crippen molar-refractivity contribution in [3.8, 4) is 0 Å². The lowest BCUT2D eigenvalue weighted by Gasteiger charge is -2.21. The molecule has 1 fully saturated rings. The van der Waals surface area contributed by atoms with E-state index in [4.69, 9.17) is 0 Å². The second-order valence-electron chi connectivity index (χ2n) is 5.56. The van der Waals surface area contributed by atoms with Crippen molar-refractivity contribution in [1.82, 2.24) is 20.8 Å². The molecule has 0 aliphatic carbocycles. The average Bonchev–Trinajstić information content (AvgIpc) is 3.04. The van der Waals surface area contributed by atoms with Gasteiger partial charge in [-0.2, -0.15) is 5.10 Å². The predicted molar refractivity (Wildman–Crippen MR) is 88.7 cm³/mol. The van der Waals surface area contributed by atoms with Gasteiger partial charge in [0.25, 0.3) is 5.91 Å². The minimum atomic E-state index is -0.147. The molecule has 0 spiro atoms. The second-order valence-corrected chi connectivity index (χ2v) is 6.48. The van der Waals surface area contributed by atoms with Gasteiger partial charge in [0.15, 0.2) is 0 Å². The number of hydrogen-bond acceptors (Lipinski definition) is 3. The van der Waals surface area contributed by atoms with Gasteiger partial charge in [-0.25, -0.2) is 0 Å². The molecule has 1 saturated heterocycles. The number of piperidine rings is 1. The van der Waals surface area contributed by atoms with Crippen LogP contribution in [0.1, 0.15) is 40.5 Å². The number of rotatable bonds is 4. The number of benzene rings is 1. The summed E-state index contributed by atoms with van der Waals surface area (Å²) in [6, 6.07) is 9.75. The molecule has 22 heavy (non-hydrogen) atoms. The highest BCUT2D eigenvalue weighted by Crippen LogP contribution is 2.21. The Hall–Kier alpha value is -1.66. The molecule has 0 radical (unpaired) electrons. The summed E-state index contributed by atoms with van der Waals surface area (Å²) in [7, 11) is 0. The maximum Gasteiger partial charge on any atom is 0.272 e. The number of nitrogens with one attached hydrogen (secondary N) is 3. The van der Waals surface area contributed by atoms with E-state index in [2.05, 4.69) is 36.8 Å². The number of carbonyl (C=O) groups excluding carboxylic acids is 1. The first-order valence-corrected chi connectivity index (χ1v) is 8.30. The van der Waals surface area contributed by atoms with Crippen molar-refractivity contribution in [2.45, 2.75) is 25.3 Å². The molecule has 2 heterocycles. The molecule has 1 aromatic carbocycles. The number of aromatic nitrogens is 2. The summed E-state index contributed by atoms with van der Waals surface area (Å²) in [5.41, 5.74) is 2.55. The Balaban J connectivity index is 1.59. The predicted octanol–water partition coefficient (Wildman–Crippen LogP) is 2.57. The van der Waals surface area contributed by atoms with E-state index in [1.54, 1.807) is 0 Å². The normalized spacial score (nSPS) is 18.1. The van der Waals surface area contributed by atoms with Gasteiger partial charge in [-0.15, -0.1) is 0 Å². The lowest BCUT2D eigenvalue weighted by atomic mass is 9.96. The molecule has 6 heteroatoms. The van der Waals surface area contributed by atoms with Crippen LogP contribution in [0.2, 0.25) is 0 Å². The summed E-state index contributed by atoms with van der Waals surface area (Å²) >= 11 is 3.43. The topological polar surface area (TPSA) is 69.8 Å². The highest BCUT2D eigenvalue weighted by atomic mass is 79.9. The quantitative estimate of drug-likeness (QED) is 0.782. The summed E-state index contributed by atoms with van der Waals surface area (Å²) in [5, 5.41) is 13.4. The van der Waals surface area contributed by atoms with E-state index in [0.29, 0.717) is 18.2 Å². The fourth-order valence-corrected chi connectivity index (χ4v) is 3.15. The van der Waals surface area contributed by atoms with Crippen molar-refractivity contribution in [1.29, 1.82) is 0 Å². The number of halogens is 1. The zero-order chi connectivity index (χ0) is 15.4. The van der Waals surface area contributed by atoms with Gasteiger partial charge in [-0.1, -0.05) is 28.1 Å². The van der Waals surface area contributed by atoms with Crippen LogP contribution in [0, 0.1) is 0 Å². The molecule has 0 bridgehead atoms. The Kier molecular flexibility index (Phi) is 4.90. The van der Waals surface area contributed by atoms with Crippen molar-refractivity contribution < 1.29 is 4.79 Å². The smallest absolute Gasteiger partial charge is 0.272 e. The van der Waals surface area contributed by atoms with Gasteiger partial charge >= 0.3 is 0 Å². The minimum Gasteiger partial charge on any atom is -0.347 e. The molecule has 1 atom stereocenters. The number of H-pyrrole nitrogens is 1. The third-order valence-electron chi connectivity index (χ3n) is 3.91. The average molecular weight is 363 g/mol. The SMILES string of the molecule is O=C(NCc1cccc(Br)c1)c1cc(C2CCCNC2)[nH]n1. The third-order valence-corrected chi connectivity index (χ3v) is 4.40.